The van der Waals surface area contributed by atoms with Crippen molar-refractivity contribution in [2.24, 2.45) is 0 Å². The third-order valence-corrected chi connectivity index (χ3v) is 1.93. The Hall–Kier alpha value is -1.58. The minimum Gasteiger partial charge on any atom is -0.355 e. The van der Waals surface area contributed by atoms with E-state index >= 15 is 0 Å². The Labute approximate surface area is 68.7 Å². The highest BCUT2D eigenvalue weighted by molar-refractivity contribution is 5.77. The van der Waals surface area contributed by atoms with Gasteiger partial charge in [0.05, 0.1) is 11.8 Å². The number of nitrogens with zero attached hydrogens (tertiary/aromatic N) is 1. The van der Waals surface area contributed by atoms with Gasteiger partial charge in [-0.05, 0) is 12.0 Å². The predicted molar refractivity (Wildman–Crippen MR) is 46.1 cm³/mol. The van der Waals surface area contributed by atoms with Crippen LogP contribution in [-0.4, -0.2) is 15.0 Å². The largest absolute Gasteiger partial charge is 0.355 e. The summed E-state index contributed by atoms with van der Waals surface area (Å²) < 4.78 is 0. The van der Waals surface area contributed by atoms with Crippen molar-refractivity contribution < 1.29 is 0 Å². The second-order valence-electron chi connectivity index (χ2n) is 2.62. The van der Waals surface area contributed by atoms with Crippen molar-refractivity contribution in [1.29, 1.82) is 0 Å². The number of aryl methyl sites for hydroxylation is 1. The van der Waals surface area contributed by atoms with Crippen molar-refractivity contribution in [3.05, 3.63) is 28.4 Å². The van der Waals surface area contributed by atoms with Gasteiger partial charge in [-0.1, -0.05) is 6.92 Å². The van der Waals surface area contributed by atoms with E-state index in [1.165, 1.54) is 6.33 Å². The first-order valence-electron chi connectivity index (χ1n) is 3.86. The molecule has 2 heterocycles. The first-order chi connectivity index (χ1) is 5.83. The smallest absolute Gasteiger partial charge is 0.275 e. The van der Waals surface area contributed by atoms with Crippen LogP contribution in [0.15, 0.2) is 17.3 Å². The van der Waals surface area contributed by atoms with E-state index in [-0.39, 0.29) is 5.56 Å². The van der Waals surface area contributed by atoms with Crippen LogP contribution in [0.1, 0.15) is 12.5 Å². The fourth-order valence-electron chi connectivity index (χ4n) is 1.27. The van der Waals surface area contributed by atoms with Crippen molar-refractivity contribution >= 4 is 11.0 Å². The van der Waals surface area contributed by atoms with Gasteiger partial charge in [0.1, 0.15) is 5.52 Å². The van der Waals surface area contributed by atoms with E-state index in [1.807, 2.05) is 13.1 Å². The predicted octanol–water partition coefficient (Wildman–Crippen LogP) is 0.814. The van der Waals surface area contributed by atoms with Crippen molar-refractivity contribution in [3.63, 3.8) is 0 Å². The average Bonchev–Trinajstić information content (AvgIpc) is 2.49. The molecule has 0 saturated carbocycles. The van der Waals surface area contributed by atoms with Crippen molar-refractivity contribution in [3.8, 4) is 0 Å². The molecule has 0 atom stereocenters. The van der Waals surface area contributed by atoms with Gasteiger partial charge in [-0.25, -0.2) is 4.98 Å². The number of hydrogen-bond donors (Lipinski definition) is 2. The number of H-pyrrole nitrogens is 2. The molecule has 2 aromatic rings. The topological polar surface area (TPSA) is 61.5 Å². The van der Waals surface area contributed by atoms with E-state index in [0.717, 1.165) is 17.5 Å². The molecule has 0 aliphatic heterocycles. The zero-order valence-electron chi connectivity index (χ0n) is 6.72. The zero-order valence-corrected chi connectivity index (χ0v) is 6.72. The fourth-order valence-corrected chi connectivity index (χ4v) is 1.27. The quantitative estimate of drug-likeness (QED) is 0.653. The van der Waals surface area contributed by atoms with Gasteiger partial charge in [0.15, 0.2) is 0 Å². The summed E-state index contributed by atoms with van der Waals surface area (Å²) in [6.07, 6.45) is 4.14. The lowest BCUT2D eigenvalue weighted by Crippen LogP contribution is -2.05. The van der Waals surface area contributed by atoms with E-state index in [0.29, 0.717) is 5.52 Å². The van der Waals surface area contributed by atoms with Gasteiger partial charge in [0, 0.05) is 6.20 Å². The molecule has 4 heteroatoms. The summed E-state index contributed by atoms with van der Waals surface area (Å²) >= 11 is 0. The maximum absolute atomic E-state index is 11.2. The van der Waals surface area contributed by atoms with Crippen LogP contribution in [0, 0.1) is 0 Å². The molecule has 2 N–H and O–H groups in total. The van der Waals surface area contributed by atoms with Crippen molar-refractivity contribution in [2.45, 2.75) is 13.3 Å². The minimum atomic E-state index is -0.111. The Morgan fingerprint density at radius 1 is 1.50 bits per heavy atom. The summed E-state index contributed by atoms with van der Waals surface area (Å²) in [6, 6.07) is 0. The van der Waals surface area contributed by atoms with Crippen LogP contribution in [0.3, 0.4) is 0 Å². The van der Waals surface area contributed by atoms with Gasteiger partial charge in [-0.15, -0.1) is 0 Å². The molecule has 0 fully saturated rings. The summed E-state index contributed by atoms with van der Waals surface area (Å²) in [5.74, 6) is 0. The molecule has 0 bridgehead atoms. The van der Waals surface area contributed by atoms with Gasteiger partial charge in [0.2, 0.25) is 0 Å². The second-order valence-corrected chi connectivity index (χ2v) is 2.62. The summed E-state index contributed by atoms with van der Waals surface area (Å²) in [5.41, 5.74) is 2.31. The summed E-state index contributed by atoms with van der Waals surface area (Å²) in [4.78, 5) is 20.7. The number of fused-ring (bicyclic) bond motifs is 1. The van der Waals surface area contributed by atoms with E-state index in [9.17, 15) is 4.79 Å². The molecule has 2 aromatic heterocycles. The number of aromatic amines is 2. The molecule has 0 unspecified atom stereocenters. The fraction of sp³-hybridized carbons (Fsp3) is 0.250. The highest BCUT2D eigenvalue weighted by Gasteiger charge is 2.04. The Balaban J connectivity index is 2.89. The molecule has 0 radical (unpaired) electrons. The monoisotopic (exact) mass is 163 g/mol. The second kappa shape index (κ2) is 2.48. The minimum absolute atomic E-state index is 0.111. The average molecular weight is 163 g/mol. The first kappa shape index (κ1) is 7.09. The van der Waals surface area contributed by atoms with Crippen LogP contribution >= 0.6 is 0 Å². The third-order valence-electron chi connectivity index (χ3n) is 1.93. The summed E-state index contributed by atoms with van der Waals surface area (Å²) in [5, 5.41) is 0. The zero-order chi connectivity index (χ0) is 8.55. The lowest BCUT2D eigenvalue weighted by atomic mass is 10.2. The molecule has 62 valence electrons. The van der Waals surface area contributed by atoms with Crippen LogP contribution in [0.25, 0.3) is 11.0 Å². The molecule has 4 nitrogen and oxygen atoms in total. The Morgan fingerprint density at radius 3 is 3.08 bits per heavy atom. The summed E-state index contributed by atoms with van der Waals surface area (Å²) in [6.45, 7) is 2.03. The number of hydrogen-bond acceptors (Lipinski definition) is 2. The Bertz CT molecular complexity index is 455. The van der Waals surface area contributed by atoms with E-state index in [1.54, 1.807) is 0 Å². The molecule has 0 aliphatic rings. The standard InChI is InChI=1S/C8H9N3O/c1-2-5-3-9-7-6(5)10-4-11-8(7)12/h3-4,9H,2H2,1H3,(H,10,11,12). The van der Waals surface area contributed by atoms with Crippen molar-refractivity contribution in [1.82, 2.24) is 15.0 Å². The molecular formula is C8H9N3O. The highest BCUT2D eigenvalue weighted by Crippen LogP contribution is 2.10. The third kappa shape index (κ3) is 0.845. The molecule has 0 spiro atoms. The molecule has 2 rings (SSSR count). The SMILES string of the molecule is CCc1c[nH]c2c(=O)[nH]cnc12. The Morgan fingerprint density at radius 2 is 2.33 bits per heavy atom. The normalized spacial score (nSPS) is 10.8. The molecule has 12 heavy (non-hydrogen) atoms. The Kier molecular flexibility index (Phi) is 1.46. The number of rotatable bonds is 1. The molecule has 0 saturated heterocycles. The van der Waals surface area contributed by atoms with Crippen LogP contribution in [0.2, 0.25) is 0 Å². The van der Waals surface area contributed by atoms with Crippen LogP contribution < -0.4 is 5.56 Å². The van der Waals surface area contributed by atoms with E-state index in [2.05, 4.69) is 15.0 Å². The van der Waals surface area contributed by atoms with Crippen molar-refractivity contribution in [2.75, 3.05) is 0 Å². The van der Waals surface area contributed by atoms with Gasteiger partial charge in [-0.3, -0.25) is 4.79 Å². The lowest BCUT2D eigenvalue weighted by Gasteiger charge is -1.89. The number of nitrogens with one attached hydrogen (secondary N) is 2. The van der Waals surface area contributed by atoms with Gasteiger partial charge in [0.25, 0.3) is 5.56 Å². The molecule has 0 aliphatic carbocycles. The molecule has 0 amide bonds. The lowest BCUT2D eigenvalue weighted by molar-refractivity contribution is 1.13. The first-order valence-corrected chi connectivity index (χ1v) is 3.86. The van der Waals surface area contributed by atoms with Crippen LogP contribution in [0.4, 0.5) is 0 Å². The van der Waals surface area contributed by atoms with Crippen LogP contribution in [0.5, 0.6) is 0 Å². The maximum atomic E-state index is 11.2. The number of aromatic nitrogens is 3. The van der Waals surface area contributed by atoms with Gasteiger partial charge in [-0.2, -0.15) is 0 Å². The summed E-state index contributed by atoms with van der Waals surface area (Å²) in [7, 11) is 0. The van der Waals surface area contributed by atoms with E-state index < -0.39 is 0 Å². The maximum Gasteiger partial charge on any atom is 0.275 e. The molecule has 0 aromatic carbocycles. The van der Waals surface area contributed by atoms with Gasteiger partial charge < -0.3 is 9.97 Å². The van der Waals surface area contributed by atoms with E-state index in [4.69, 9.17) is 0 Å². The van der Waals surface area contributed by atoms with Crippen LogP contribution in [-0.2, 0) is 6.42 Å². The molecular weight excluding hydrogens is 154 g/mol. The van der Waals surface area contributed by atoms with Gasteiger partial charge >= 0.3 is 0 Å². The highest BCUT2D eigenvalue weighted by atomic mass is 16.1.